The van der Waals surface area contributed by atoms with Crippen molar-refractivity contribution >= 4 is 29.8 Å². The van der Waals surface area contributed by atoms with E-state index in [0.29, 0.717) is 24.7 Å². The summed E-state index contributed by atoms with van der Waals surface area (Å²) in [6.45, 7) is 27.6. The SMILES string of the molecule is C=Cc1ccccc1C(=C)O.CCCCC(C)C(C)(C)CC(C)(C(=O)CCCCN(CCCCCCNC)C(=O)CCC=O)C(C)(C)C. The van der Waals surface area contributed by atoms with Crippen LogP contribution in [0.2, 0.25) is 0 Å². The van der Waals surface area contributed by atoms with Gasteiger partial charge in [0.1, 0.15) is 17.8 Å². The average molecular weight is 669 g/mol. The van der Waals surface area contributed by atoms with Crippen molar-refractivity contribution in [1.29, 1.82) is 0 Å². The lowest BCUT2D eigenvalue weighted by Gasteiger charge is -2.47. The second kappa shape index (κ2) is 23.6. The van der Waals surface area contributed by atoms with Gasteiger partial charge in [-0.1, -0.05) is 131 Å². The van der Waals surface area contributed by atoms with Crippen LogP contribution in [0.25, 0.3) is 11.8 Å². The van der Waals surface area contributed by atoms with Crippen molar-refractivity contribution in [2.24, 2.45) is 22.2 Å². The van der Waals surface area contributed by atoms with Gasteiger partial charge in [0.25, 0.3) is 0 Å². The minimum Gasteiger partial charge on any atom is -0.508 e. The van der Waals surface area contributed by atoms with E-state index in [9.17, 15) is 14.4 Å². The molecule has 1 amide bonds. The van der Waals surface area contributed by atoms with Crippen LogP contribution in [-0.2, 0) is 14.4 Å². The molecule has 0 fully saturated rings. The zero-order valence-electron chi connectivity index (χ0n) is 32.4. The molecule has 274 valence electrons. The van der Waals surface area contributed by atoms with Crippen molar-refractivity contribution in [1.82, 2.24) is 10.2 Å². The first-order valence-corrected chi connectivity index (χ1v) is 18.5. The summed E-state index contributed by atoms with van der Waals surface area (Å²) in [5.41, 5.74) is 1.24. The first-order valence-electron chi connectivity index (χ1n) is 18.5. The van der Waals surface area contributed by atoms with Gasteiger partial charge in [-0.05, 0) is 68.0 Å². The molecule has 0 aromatic heterocycles. The zero-order valence-corrected chi connectivity index (χ0v) is 32.4. The average Bonchev–Trinajstić information content (AvgIpc) is 3.04. The van der Waals surface area contributed by atoms with Crippen molar-refractivity contribution in [2.75, 3.05) is 26.7 Å². The van der Waals surface area contributed by atoms with Crippen molar-refractivity contribution in [3.63, 3.8) is 0 Å². The van der Waals surface area contributed by atoms with Crippen molar-refractivity contribution in [2.45, 2.75) is 139 Å². The van der Waals surface area contributed by atoms with Crippen LogP contribution >= 0.6 is 0 Å². The van der Waals surface area contributed by atoms with Crippen LogP contribution in [0.4, 0.5) is 0 Å². The fourth-order valence-corrected chi connectivity index (χ4v) is 6.23. The molecule has 0 saturated carbocycles. The monoisotopic (exact) mass is 669 g/mol. The lowest BCUT2D eigenvalue weighted by atomic mass is 9.56. The summed E-state index contributed by atoms with van der Waals surface area (Å²) in [4.78, 5) is 39.1. The molecule has 2 unspecified atom stereocenters. The highest BCUT2D eigenvalue weighted by Crippen LogP contribution is 2.51. The fraction of sp³-hybridized carbons (Fsp3) is 0.690. The van der Waals surface area contributed by atoms with Gasteiger partial charge in [0.2, 0.25) is 5.91 Å². The molecular weight excluding hydrogens is 596 g/mol. The number of amides is 1. The fourth-order valence-electron chi connectivity index (χ4n) is 6.23. The Bertz CT molecular complexity index is 1100. The maximum Gasteiger partial charge on any atom is 0.222 e. The van der Waals surface area contributed by atoms with Gasteiger partial charge in [-0.25, -0.2) is 0 Å². The maximum absolute atomic E-state index is 13.7. The molecule has 0 aliphatic rings. The van der Waals surface area contributed by atoms with E-state index >= 15 is 0 Å². The Kier molecular flexibility index (Phi) is 22.3. The molecule has 2 atom stereocenters. The molecule has 1 rings (SSSR count). The third-order valence-electron chi connectivity index (χ3n) is 10.4. The number of benzene rings is 1. The van der Waals surface area contributed by atoms with E-state index in [1.165, 1.54) is 19.3 Å². The van der Waals surface area contributed by atoms with E-state index < -0.39 is 0 Å². The molecule has 0 bridgehead atoms. The number of carbonyl (C=O) groups is 3. The van der Waals surface area contributed by atoms with Crippen molar-refractivity contribution in [3.8, 4) is 0 Å². The smallest absolute Gasteiger partial charge is 0.222 e. The number of unbranched alkanes of at least 4 members (excludes halogenated alkanes) is 5. The van der Waals surface area contributed by atoms with Crippen LogP contribution in [0.5, 0.6) is 0 Å². The Morgan fingerprint density at radius 2 is 1.54 bits per heavy atom. The van der Waals surface area contributed by atoms with E-state index in [2.05, 4.69) is 73.9 Å². The molecule has 1 aromatic rings. The number of Topliss-reactive ketones (excluding diaryl/α,β-unsaturated/α-hetero) is 1. The number of aldehydes is 1. The van der Waals surface area contributed by atoms with Crippen LogP contribution in [-0.4, -0.2) is 54.7 Å². The van der Waals surface area contributed by atoms with Gasteiger partial charge >= 0.3 is 0 Å². The number of rotatable bonds is 24. The van der Waals surface area contributed by atoms with Crippen LogP contribution in [0.3, 0.4) is 0 Å². The first-order chi connectivity index (χ1) is 22.5. The molecule has 6 nitrogen and oxygen atoms in total. The normalized spacial score (nSPS) is 13.4. The maximum atomic E-state index is 13.7. The summed E-state index contributed by atoms with van der Waals surface area (Å²) < 4.78 is 0. The largest absolute Gasteiger partial charge is 0.508 e. The highest BCUT2D eigenvalue weighted by molar-refractivity contribution is 5.85. The molecule has 48 heavy (non-hydrogen) atoms. The summed E-state index contributed by atoms with van der Waals surface area (Å²) >= 11 is 0. The van der Waals surface area contributed by atoms with Crippen LogP contribution < -0.4 is 5.32 Å². The summed E-state index contributed by atoms with van der Waals surface area (Å²) in [6.07, 6.45) is 14.2. The van der Waals surface area contributed by atoms with Gasteiger partial charge in [0, 0.05) is 43.3 Å². The molecule has 0 heterocycles. The van der Waals surface area contributed by atoms with E-state index in [1.807, 2.05) is 30.1 Å². The van der Waals surface area contributed by atoms with Crippen molar-refractivity contribution < 1.29 is 19.5 Å². The third kappa shape index (κ3) is 16.6. The summed E-state index contributed by atoms with van der Waals surface area (Å²) in [5.74, 6) is 1.08. The van der Waals surface area contributed by atoms with Gasteiger partial charge in [0.15, 0.2) is 0 Å². The Balaban J connectivity index is 0.00000168. The number of aliphatic hydroxyl groups excluding tert-OH is 1. The van der Waals surface area contributed by atoms with Gasteiger partial charge in [-0.3, -0.25) is 9.59 Å². The number of carbonyl (C=O) groups excluding carboxylic acids is 3. The van der Waals surface area contributed by atoms with Gasteiger partial charge in [0.05, 0.1) is 0 Å². The summed E-state index contributed by atoms with van der Waals surface area (Å²) in [5, 5.41) is 12.3. The molecular formula is C42H72N2O4. The molecule has 0 spiro atoms. The summed E-state index contributed by atoms with van der Waals surface area (Å²) in [6, 6.07) is 7.43. The zero-order chi connectivity index (χ0) is 36.8. The molecule has 1 aromatic carbocycles. The Labute approximate surface area is 295 Å². The molecule has 0 saturated heterocycles. The quantitative estimate of drug-likeness (QED) is 0.0650. The number of aliphatic hydroxyl groups is 1. The van der Waals surface area contributed by atoms with Gasteiger partial charge < -0.3 is 20.1 Å². The Morgan fingerprint density at radius 1 is 0.938 bits per heavy atom. The number of nitrogens with one attached hydrogen (secondary N) is 1. The predicted molar refractivity (Wildman–Crippen MR) is 206 cm³/mol. The van der Waals surface area contributed by atoms with E-state index in [1.54, 1.807) is 12.1 Å². The van der Waals surface area contributed by atoms with Gasteiger partial charge in [-0.2, -0.15) is 0 Å². The minimum atomic E-state index is -0.385. The molecule has 0 radical (unpaired) electrons. The molecule has 0 aliphatic heterocycles. The van der Waals surface area contributed by atoms with E-state index in [4.69, 9.17) is 5.11 Å². The number of ketones is 1. The van der Waals surface area contributed by atoms with Crippen LogP contribution in [0, 0.1) is 22.2 Å². The van der Waals surface area contributed by atoms with Crippen LogP contribution in [0.1, 0.15) is 150 Å². The molecule has 0 aliphatic carbocycles. The second-order valence-electron chi connectivity index (χ2n) is 15.5. The lowest BCUT2D eigenvalue weighted by molar-refractivity contribution is -0.137. The predicted octanol–water partition coefficient (Wildman–Crippen LogP) is 10.5. The third-order valence-corrected chi connectivity index (χ3v) is 10.4. The highest BCUT2D eigenvalue weighted by Gasteiger charge is 2.47. The van der Waals surface area contributed by atoms with E-state index in [0.717, 1.165) is 75.4 Å². The lowest BCUT2D eigenvalue weighted by Crippen LogP contribution is -2.45. The van der Waals surface area contributed by atoms with E-state index in [-0.39, 0.29) is 40.8 Å². The molecule has 6 heteroatoms. The van der Waals surface area contributed by atoms with Gasteiger partial charge in [-0.15, -0.1) is 0 Å². The standard InChI is InChI=1S/C32H62N2O3.C10H10O/c1-10-11-19-27(2)31(6,7)26-32(8,30(3,4)5)28(36)20-14-17-24-34(29(37)21-18-25-35)23-16-13-12-15-22-33-9;1-3-9-6-4-5-7-10(9)8(2)11/h25,27,33H,10-24,26H2,1-9H3;3-7,11H,1-2H2. The second-order valence-corrected chi connectivity index (χ2v) is 15.5. The Hall–Kier alpha value is -2.73. The number of hydrogen-bond acceptors (Lipinski definition) is 5. The summed E-state index contributed by atoms with van der Waals surface area (Å²) in [7, 11) is 1.97. The first kappa shape index (κ1) is 45.3. The minimum absolute atomic E-state index is 0.0657. The van der Waals surface area contributed by atoms with Crippen LogP contribution in [0.15, 0.2) is 37.4 Å². The van der Waals surface area contributed by atoms with Crippen molar-refractivity contribution in [3.05, 3.63) is 48.6 Å². The number of hydrogen-bond donors (Lipinski definition) is 2. The molecule has 2 N–H and O–H groups in total. The number of nitrogens with zero attached hydrogens (tertiary/aromatic N) is 1. The topological polar surface area (TPSA) is 86.7 Å². The highest BCUT2D eigenvalue weighted by atomic mass is 16.3. The Morgan fingerprint density at radius 3 is 2.06 bits per heavy atom.